The summed E-state index contributed by atoms with van der Waals surface area (Å²) in [5.74, 6) is -0.520. The number of aliphatic hydroxyl groups is 1. The number of aliphatic hydroxyl groups excluding tert-OH is 1. The maximum atomic E-state index is 11.0. The Hall–Kier alpha value is -0.570. The summed E-state index contributed by atoms with van der Waals surface area (Å²) >= 11 is 10.8. The second kappa shape index (κ2) is 3.90. The molecule has 1 aromatic carbocycles. The zero-order valence-corrected chi connectivity index (χ0v) is 7.51. The van der Waals surface area contributed by atoms with E-state index in [0.29, 0.717) is 10.6 Å². The van der Waals surface area contributed by atoms with E-state index in [0.717, 1.165) is 0 Å². The fourth-order valence-electron chi connectivity index (χ4n) is 0.752. The van der Waals surface area contributed by atoms with Gasteiger partial charge in [-0.05, 0) is 24.3 Å². The standard InChI is InChI=1S/C8H6Cl2O2/c9-6-3-1-5(2-4-6)7(11)8(10)12/h1-4,8,12H. The van der Waals surface area contributed by atoms with E-state index in [4.69, 9.17) is 28.3 Å². The van der Waals surface area contributed by atoms with Crippen LogP contribution in [-0.2, 0) is 0 Å². The number of alkyl halides is 1. The highest BCUT2D eigenvalue weighted by Crippen LogP contribution is 2.11. The second-order valence-corrected chi connectivity index (χ2v) is 3.06. The van der Waals surface area contributed by atoms with Crippen molar-refractivity contribution in [3.8, 4) is 0 Å². The van der Waals surface area contributed by atoms with Crippen LogP contribution < -0.4 is 0 Å². The summed E-state index contributed by atoms with van der Waals surface area (Å²) in [5.41, 5.74) is -1.13. The number of rotatable bonds is 2. The van der Waals surface area contributed by atoms with E-state index < -0.39 is 11.3 Å². The van der Waals surface area contributed by atoms with Crippen molar-refractivity contribution < 1.29 is 9.90 Å². The number of hydrogen-bond acceptors (Lipinski definition) is 2. The van der Waals surface area contributed by atoms with Crippen LogP contribution in [0.2, 0.25) is 5.02 Å². The van der Waals surface area contributed by atoms with E-state index in [1.807, 2.05) is 0 Å². The van der Waals surface area contributed by atoms with Gasteiger partial charge in [0, 0.05) is 10.6 Å². The summed E-state index contributed by atoms with van der Waals surface area (Å²) < 4.78 is 0. The molecule has 0 bridgehead atoms. The average molecular weight is 205 g/mol. The molecule has 0 aliphatic rings. The SMILES string of the molecule is O=C(c1ccc(Cl)cc1)C(O)Cl. The van der Waals surface area contributed by atoms with Gasteiger partial charge in [0.1, 0.15) is 0 Å². The van der Waals surface area contributed by atoms with Crippen LogP contribution in [0.25, 0.3) is 0 Å². The fourth-order valence-corrected chi connectivity index (χ4v) is 1.00. The van der Waals surface area contributed by atoms with Gasteiger partial charge in [0.05, 0.1) is 0 Å². The summed E-state index contributed by atoms with van der Waals surface area (Å²) in [6.07, 6.45) is 0. The smallest absolute Gasteiger partial charge is 0.206 e. The molecule has 0 aromatic heterocycles. The third-order valence-electron chi connectivity index (χ3n) is 1.35. The van der Waals surface area contributed by atoms with Crippen LogP contribution in [0.5, 0.6) is 0 Å². The molecule has 4 heteroatoms. The molecule has 0 aliphatic heterocycles. The van der Waals surface area contributed by atoms with Crippen LogP contribution in [-0.4, -0.2) is 16.5 Å². The van der Waals surface area contributed by atoms with E-state index in [1.165, 1.54) is 12.1 Å². The first-order valence-corrected chi connectivity index (χ1v) is 4.04. The lowest BCUT2D eigenvalue weighted by atomic mass is 10.1. The first kappa shape index (κ1) is 9.52. The Balaban J connectivity index is 2.90. The maximum absolute atomic E-state index is 11.0. The van der Waals surface area contributed by atoms with Crippen molar-refractivity contribution in [3.05, 3.63) is 34.9 Å². The molecule has 0 spiro atoms. The molecule has 1 rings (SSSR count). The highest BCUT2D eigenvalue weighted by Gasteiger charge is 2.12. The van der Waals surface area contributed by atoms with Gasteiger partial charge in [-0.15, -0.1) is 0 Å². The third kappa shape index (κ3) is 2.21. The molecule has 0 saturated heterocycles. The van der Waals surface area contributed by atoms with Crippen molar-refractivity contribution >= 4 is 29.0 Å². The van der Waals surface area contributed by atoms with Crippen LogP contribution in [0.3, 0.4) is 0 Å². The zero-order chi connectivity index (χ0) is 9.14. The van der Waals surface area contributed by atoms with Gasteiger partial charge in [-0.25, -0.2) is 0 Å². The normalized spacial score (nSPS) is 12.6. The lowest BCUT2D eigenvalue weighted by Crippen LogP contribution is -2.12. The Kier molecular flexibility index (Phi) is 3.09. The summed E-state index contributed by atoms with van der Waals surface area (Å²) in [6, 6.07) is 6.15. The van der Waals surface area contributed by atoms with E-state index in [9.17, 15) is 4.79 Å². The predicted octanol–water partition coefficient (Wildman–Crippen LogP) is 2.08. The molecule has 2 nitrogen and oxygen atoms in total. The van der Waals surface area contributed by atoms with Gasteiger partial charge in [-0.2, -0.15) is 0 Å². The van der Waals surface area contributed by atoms with Crippen molar-refractivity contribution in [3.63, 3.8) is 0 Å². The number of hydrogen-bond donors (Lipinski definition) is 1. The van der Waals surface area contributed by atoms with Gasteiger partial charge < -0.3 is 5.11 Å². The summed E-state index contributed by atoms with van der Waals surface area (Å²) in [6.45, 7) is 0. The summed E-state index contributed by atoms with van der Waals surface area (Å²) in [5, 5.41) is 9.26. The number of halogens is 2. The molecule has 0 radical (unpaired) electrons. The van der Waals surface area contributed by atoms with Gasteiger partial charge in [0.15, 0.2) is 5.56 Å². The Morgan fingerprint density at radius 1 is 1.33 bits per heavy atom. The van der Waals surface area contributed by atoms with E-state index in [1.54, 1.807) is 12.1 Å². The molecule has 0 fully saturated rings. The molecular formula is C8H6Cl2O2. The van der Waals surface area contributed by atoms with Gasteiger partial charge in [-0.1, -0.05) is 23.2 Å². The van der Waals surface area contributed by atoms with Crippen molar-refractivity contribution in [1.29, 1.82) is 0 Å². The highest BCUT2D eigenvalue weighted by atomic mass is 35.5. The van der Waals surface area contributed by atoms with E-state index in [-0.39, 0.29) is 0 Å². The van der Waals surface area contributed by atoms with Crippen LogP contribution >= 0.6 is 23.2 Å². The van der Waals surface area contributed by atoms with E-state index in [2.05, 4.69) is 0 Å². The first-order chi connectivity index (χ1) is 5.61. The Labute approximate surface area is 79.7 Å². The lowest BCUT2D eigenvalue weighted by molar-refractivity contribution is 0.0860. The fraction of sp³-hybridized carbons (Fsp3) is 0.125. The van der Waals surface area contributed by atoms with Crippen molar-refractivity contribution in [2.75, 3.05) is 0 Å². The van der Waals surface area contributed by atoms with Crippen LogP contribution in [0.4, 0.5) is 0 Å². The number of carbonyl (C=O) groups excluding carboxylic acids is 1. The summed E-state index contributed by atoms with van der Waals surface area (Å²) in [4.78, 5) is 11.0. The van der Waals surface area contributed by atoms with Crippen molar-refractivity contribution in [1.82, 2.24) is 0 Å². The van der Waals surface area contributed by atoms with Gasteiger partial charge in [0.25, 0.3) is 0 Å². The predicted molar refractivity (Wildman–Crippen MR) is 47.6 cm³/mol. The zero-order valence-electron chi connectivity index (χ0n) is 6.00. The molecule has 0 heterocycles. The molecule has 0 saturated carbocycles. The topological polar surface area (TPSA) is 37.3 Å². The number of ketones is 1. The molecule has 1 atom stereocenters. The second-order valence-electron chi connectivity index (χ2n) is 2.21. The minimum atomic E-state index is -1.48. The Morgan fingerprint density at radius 2 is 1.83 bits per heavy atom. The summed E-state index contributed by atoms with van der Waals surface area (Å²) in [7, 11) is 0. The molecule has 12 heavy (non-hydrogen) atoms. The number of carbonyl (C=O) groups is 1. The number of benzene rings is 1. The molecular weight excluding hydrogens is 199 g/mol. The minimum Gasteiger partial charge on any atom is -0.371 e. The molecule has 0 amide bonds. The minimum absolute atomic E-state index is 0.349. The quantitative estimate of drug-likeness (QED) is 0.592. The van der Waals surface area contributed by atoms with Crippen molar-refractivity contribution in [2.24, 2.45) is 0 Å². The van der Waals surface area contributed by atoms with Crippen LogP contribution in [0.15, 0.2) is 24.3 Å². The van der Waals surface area contributed by atoms with Gasteiger partial charge in [0.2, 0.25) is 5.78 Å². The Bertz CT molecular complexity index is 280. The molecule has 1 unspecified atom stereocenters. The molecule has 0 aliphatic carbocycles. The molecule has 64 valence electrons. The lowest BCUT2D eigenvalue weighted by Gasteiger charge is -2.00. The van der Waals surface area contributed by atoms with Crippen molar-refractivity contribution in [2.45, 2.75) is 5.56 Å². The maximum Gasteiger partial charge on any atom is 0.206 e. The van der Waals surface area contributed by atoms with Crippen LogP contribution in [0, 0.1) is 0 Å². The van der Waals surface area contributed by atoms with Gasteiger partial charge in [-0.3, -0.25) is 4.79 Å². The first-order valence-electron chi connectivity index (χ1n) is 3.23. The number of Topliss-reactive ketones (excluding diaryl/α,β-unsaturated/α-hetero) is 1. The van der Waals surface area contributed by atoms with Crippen LogP contribution in [0.1, 0.15) is 10.4 Å². The molecule has 1 N–H and O–H groups in total. The highest BCUT2D eigenvalue weighted by molar-refractivity contribution is 6.33. The van der Waals surface area contributed by atoms with E-state index >= 15 is 0 Å². The molecule has 1 aromatic rings. The average Bonchev–Trinajstić information content (AvgIpc) is 2.04. The monoisotopic (exact) mass is 204 g/mol. The third-order valence-corrected chi connectivity index (χ3v) is 1.80. The van der Waals surface area contributed by atoms with Gasteiger partial charge >= 0.3 is 0 Å². The Morgan fingerprint density at radius 3 is 2.25 bits per heavy atom. The largest absolute Gasteiger partial charge is 0.371 e.